The summed E-state index contributed by atoms with van der Waals surface area (Å²) in [6.07, 6.45) is 0. The highest BCUT2D eigenvalue weighted by Crippen LogP contribution is 2.43. The Morgan fingerprint density at radius 2 is 0.803 bits per heavy atom. The van der Waals surface area contributed by atoms with Crippen LogP contribution < -0.4 is 0 Å². The van der Waals surface area contributed by atoms with Crippen molar-refractivity contribution in [3.8, 4) is 67.8 Å². The number of aromatic nitrogens is 5. The Morgan fingerprint density at radius 1 is 0.289 bits per heavy atom. The zero-order valence-electron chi connectivity index (χ0n) is 40.7. The summed E-state index contributed by atoms with van der Waals surface area (Å²) in [7, 11) is 0. The first-order valence-corrected chi connectivity index (χ1v) is 26.4. The van der Waals surface area contributed by atoms with Gasteiger partial charge in [0.15, 0.2) is 17.5 Å². The first kappa shape index (κ1) is 42.5. The Bertz CT molecular complexity index is 4970. The molecule has 0 aliphatic rings. The summed E-state index contributed by atoms with van der Waals surface area (Å²) < 4.78 is 13.4. The van der Waals surface area contributed by atoms with E-state index in [0.717, 1.165) is 77.6 Å². The van der Waals surface area contributed by atoms with Gasteiger partial charge in [0.25, 0.3) is 0 Å². The maximum absolute atomic E-state index is 6.34. The minimum absolute atomic E-state index is 0.594. The van der Waals surface area contributed by atoms with Gasteiger partial charge in [0, 0.05) is 80.6 Å². The Labute approximate surface area is 439 Å². The van der Waals surface area contributed by atoms with Gasteiger partial charge >= 0.3 is 0 Å². The van der Waals surface area contributed by atoms with E-state index >= 15 is 0 Å². The maximum Gasteiger partial charge on any atom is 0.164 e. The van der Waals surface area contributed by atoms with Crippen molar-refractivity contribution in [1.29, 1.82) is 0 Å². The predicted molar refractivity (Wildman–Crippen MR) is 316 cm³/mol. The van der Waals surface area contributed by atoms with Gasteiger partial charge in [-0.15, -0.1) is 11.3 Å². The van der Waals surface area contributed by atoms with Gasteiger partial charge in [-0.3, -0.25) is 0 Å². The highest BCUT2D eigenvalue weighted by atomic mass is 32.1. The van der Waals surface area contributed by atoms with Gasteiger partial charge in [-0.1, -0.05) is 158 Å². The number of hydrogen-bond acceptors (Lipinski definition) is 5. The fourth-order valence-corrected chi connectivity index (χ4v) is 12.9. The molecule has 16 rings (SSSR count). The van der Waals surface area contributed by atoms with E-state index in [2.05, 4.69) is 246 Å². The molecule has 76 heavy (non-hydrogen) atoms. The third-order valence-electron chi connectivity index (χ3n) is 15.2. The summed E-state index contributed by atoms with van der Waals surface area (Å²) in [5, 5.41) is 9.40. The second kappa shape index (κ2) is 16.8. The molecule has 0 aliphatic carbocycles. The highest BCUT2D eigenvalue weighted by Gasteiger charge is 2.21. The van der Waals surface area contributed by atoms with Crippen LogP contribution in [0.5, 0.6) is 0 Å². The molecule has 0 unspecified atom stereocenters. The zero-order valence-corrected chi connectivity index (χ0v) is 41.5. The molecule has 0 atom stereocenters. The Hall–Kier alpha value is -9.95. The number of nitrogens with zero attached hydrogens (tertiary/aromatic N) is 5. The summed E-state index contributed by atoms with van der Waals surface area (Å²) >= 11 is 1.81. The molecule has 5 heterocycles. The average molecular weight is 988 g/mol. The monoisotopic (exact) mass is 987 g/mol. The van der Waals surface area contributed by atoms with Crippen LogP contribution in [0.4, 0.5) is 0 Å². The Balaban J connectivity index is 0.849. The molecule has 16 aromatic rings. The fraction of sp³-hybridized carbons (Fsp3) is 0. The van der Waals surface area contributed by atoms with Crippen LogP contribution in [0.2, 0.25) is 0 Å². The molecule has 7 heteroatoms. The van der Waals surface area contributed by atoms with Crippen molar-refractivity contribution >= 4 is 97.1 Å². The summed E-state index contributed by atoms with van der Waals surface area (Å²) in [4.78, 5) is 16.2. The number of hydrogen-bond donors (Lipinski definition) is 0. The SMILES string of the molecule is c1ccc(-n2c3ccccc3c3cc(-c4ccc5c(c4)sc4cccc(-c6nc(-c7cccc(-c8ccc9c(c8)oc8ccccc89)c7)nc(-c7cccc(-n8c9ccccc9c9ccccc98)c7)n6)c45)ccc32)cc1. The molecule has 0 radical (unpaired) electrons. The summed E-state index contributed by atoms with van der Waals surface area (Å²) in [5.74, 6) is 1.81. The van der Waals surface area contributed by atoms with Crippen LogP contribution in [0.3, 0.4) is 0 Å². The minimum Gasteiger partial charge on any atom is -0.456 e. The Kier molecular flexibility index (Phi) is 9.40. The van der Waals surface area contributed by atoms with Crippen LogP contribution in [-0.4, -0.2) is 24.1 Å². The lowest BCUT2D eigenvalue weighted by Crippen LogP contribution is -2.01. The molecule has 0 N–H and O–H groups in total. The van der Waals surface area contributed by atoms with E-state index in [-0.39, 0.29) is 0 Å². The number of para-hydroxylation sites is 5. The van der Waals surface area contributed by atoms with Crippen molar-refractivity contribution in [3.63, 3.8) is 0 Å². The van der Waals surface area contributed by atoms with Crippen molar-refractivity contribution < 1.29 is 4.42 Å². The molecule has 354 valence electrons. The molecule has 0 amide bonds. The second-order valence-corrected chi connectivity index (χ2v) is 20.6. The molecular weight excluding hydrogens is 947 g/mol. The number of thiophene rings is 1. The topological polar surface area (TPSA) is 61.7 Å². The molecule has 0 saturated carbocycles. The molecule has 5 aromatic heterocycles. The van der Waals surface area contributed by atoms with Crippen molar-refractivity contribution in [3.05, 3.63) is 249 Å². The van der Waals surface area contributed by atoms with E-state index in [4.69, 9.17) is 19.4 Å². The number of rotatable bonds is 7. The quantitative estimate of drug-likeness (QED) is 0.160. The Morgan fingerprint density at radius 3 is 1.57 bits per heavy atom. The van der Waals surface area contributed by atoms with Crippen LogP contribution in [0, 0.1) is 0 Å². The predicted octanol–water partition coefficient (Wildman–Crippen LogP) is 18.7. The van der Waals surface area contributed by atoms with Gasteiger partial charge in [0.1, 0.15) is 11.2 Å². The minimum atomic E-state index is 0.594. The van der Waals surface area contributed by atoms with Gasteiger partial charge in [-0.2, -0.15) is 0 Å². The maximum atomic E-state index is 6.34. The lowest BCUT2D eigenvalue weighted by molar-refractivity contribution is 0.669. The largest absolute Gasteiger partial charge is 0.456 e. The summed E-state index contributed by atoms with van der Waals surface area (Å²) in [6, 6.07) is 88.6. The van der Waals surface area contributed by atoms with Crippen LogP contribution in [0.25, 0.3) is 154 Å². The summed E-state index contributed by atoms with van der Waals surface area (Å²) in [6.45, 7) is 0. The first-order chi connectivity index (χ1) is 37.6. The van der Waals surface area contributed by atoms with E-state index in [1.807, 2.05) is 12.1 Å². The van der Waals surface area contributed by atoms with Crippen LogP contribution in [0.15, 0.2) is 253 Å². The van der Waals surface area contributed by atoms with Gasteiger partial charge in [0.05, 0.1) is 22.1 Å². The van der Waals surface area contributed by atoms with Gasteiger partial charge in [-0.05, 0) is 113 Å². The molecule has 6 nitrogen and oxygen atoms in total. The molecule has 0 saturated heterocycles. The molecule has 0 bridgehead atoms. The van der Waals surface area contributed by atoms with Gasteiger partial charge in [-0.25, -0.2) is 15.0 Å². The second-order valence-electron chi connectivity index (χ2n) is 19.5. The van der Waals surface area contributed by atoms with E-state index in [1.165, 1.54) is 58.5 Å². The van der Waals surface area contributed by atoms with E-state index in [1.54, 1.807) is 11.3 Å². The lowest BCUT2D eigenvalue weighted by Gasteiger charge is -2.12. The molecular formula is C69H41N5OS. The molecule has 11 aromatic carbocycles. The van der Waals surface area contributed by atoms with Crippen molar-refractivity contribution in [2.75, 3.05) is 0 Å². The third-order valence-corrected chi connectivity index (χ3v) is 16.3. The van der Waals surface area contributed by atoms with Gasteiger partial charge in [0.2, 0.25) is 0 Å². The fourth-order valence-electron chi connectivity index (χ4n) is 11.7. The van der Waals surface area contributed by atoms with E-state index in [0.29, 0.717) is 17.5 Å². The number of fused-ring (bicyclic) bond motifs is 12. The smallest absolute Gasteiger partial charge is 0.164 e. The van der Waals surface area contributed by atoms with Crippen molar-refractivity contribution in [2.24, 2.45) is 0 Å². The van der Waals surface area contributed by atoms with Crippen LogP contribution >= 0.6 is 11.3 Å². The number of furan rings is 1. The third kappa shape index (κ3) is 6.69. The summed E-state index contributed by atoms with van der Waals surface area (Å²) in [5.41, 5.74) is 15.8. The highest BCUT2D eigenvalue weighted by molar-refractivity contribution is 7.26. The van der Waals surface area contributed by atoms with E-state index < -0.39 is 0 Å². The van der Waals surface area contributed by atoms with Crippen molar-refractivity contribution in [2.45, 2.75) is 0 Å². The van der Waals surface area contributed by atoms with E-state index in [9.17, 15) is 0 Å². The molecule has 0 aliphatic heterocycles. The standard InChI is InChI=1S/C69H41N5OS/c1-2-18-48(19-3-1)73-60-28-10-6-23-52(60)57-39-43(33-36-61(57)73)45-32-35-55-65(41-45)76-64-30-14-25-56(66(55)64)69-71-67(46-16-12-15-42(37-46)44-31-34-54-53-24-7-11-29-62(53)75-63(54)40-44)70-68(72-69)47-17-13-20-49(38-47)74-58-26-8-4-21-50(58)51-22-5-9-27-59(51)74/h1-41H. The first-order valence-electron chi connectivity index (χ1n) is 25.6. The lowest BCUT2D eigenvalue weighted by atomic mass is 10.00. The van der Waals surface area contributed by atoms with Crippen LogP contribution in [-0.2, 0) is 0 Å². The molecule has 0 fully saturated rings. The average Bonchev–Trinajstić information content (AvgIpc) is 4.29. The van der Waals surface area contributed by atoms with Crippen molar-refractivity contribution in [1.82, 2.24) is 24.1 Å². The zero-order chi connectivity index (χ0) is 49.8. The molecule has 0 spiro atoms. The van der Waals surface area contributed by atoms with Crippen LogP contribution in [0.1, 0.15) is 0 Å². The van der Waals surface area contributed by atoms with Gasteiger partial charge < -0.3 is 13.6 Å². The normalized spacial score (nSPS) is 11.9. The number of benzene rings is 11.